The Balaban J connectivity index is 1.11. The average molecular weight is 658 g/mol. The molecular formula is C37H42Cl2N6O. The molecule has 4 aromatic rings. The van der Waals surface area contributed by atoms with Crippen molar-refractivity contribution < 1.29 is 0 Å². The molecule has 1 aliphatic heterocycles. The van der Waals surface area contributed by atoms with E-state index in [0.29, 0.717) is 51.3 Å². The number of benzene rings is 3. The van der Waals surface area contributed by atoms with E-state index in [2.05, 4.69) is 71.2 Å². The van der Waals surface area contributed by atoms with Crippen LogP contribution in [0.3, 0.4) is 0 Å². The van der Waals surface area contributed by atoms with Gasteiger partial charge in [-0.15, -0.1) is 0 Å². The lowest BCUT2D eigenvalue weighted by atomic mass is 9.45. The number of hydrogen-bond donors (Lipinski definition) is 1. The summed E-state index contributed by atoms with van der Waals surface area (Å²) in [6, 6.07) is 22.2. The molecule has 2 bridgehead atoms. The second-order valence-corrected chi connectivity index (χ2v) is 14.7. The number of para-hydroxylation sites is 1. The van der Waals surface area contributed by atoms with Crippen LogP contribution >= 0.6 is 23.2 Å². The maximum Gasteiger partial charge on any atom is 0.261 e. The molecule has 7 nitrogen and oxygen atoms in total. The van der Waals surface area contributed by atoms with Gasteiger partial charge in [-0.1, -0.05) is 68.2 Å². The highest BCUT2D eigenvalue weighted by Crippen LogP contribution is 2.61. The SMILES string of the molecule is C[C@H]1[C@@H](N=C(Nc2ccc3c(=O)n(CCc4ccc(Cl)cc4Cl)cnc3c2)N2CCN(c3ccccc3)CC2)C[C@H]2C[C@H]1C2(C)C. The Bertz CT molecular complexity index is 1810. The van der Waals surface area contributed by atoms with Crippen LogP contribution < -0.4 is 15.8 Å². The molecule has 3 aromatic carbocycles. The van der Waals surface area contributed by atoms with Gasteiger partial charge in [0, 0.05) is 54.1 Å². The molecule has 0 spiro atoms. The van der Waals surface area contributed by atoms with Crippen LogP contribution in [0.5, 0.6) is 0 Å². The van der Waals surface area contributed by atoms with Crippen molar-refractivity contribution in [3.63, 3.8) is 0 Å². The second-order valence-electron chi connectivity index (χ2n) is 13.9. The number of nitrogens with zero attached hydrogens (tertiary/aromatic N) is 5. The van der Waals surface area contributed by atoms with Crippen molar-refractivity contribution in [2.45, 2.75) is 52.6 Å². The molecule has 0 unspecified atom stereocenters. The van der Waals surface area contributed by atoms with Crippen LogP contribution in [0.15, 0.2) is 82.8 Å². The summed E-state index contributed by atoms with van der Waals surface area (Å²) in [6.45, 7) is 11.4. The Hall–Kier alpha value is -3.55. The van der Waals surface area contributed by atoms with Crippen LogP contribution in [0.1, 0.15) is 39.2 Å². The number of rotatable bonds is 6. The molecule has 3 saturated carbocycles. The number of nitrogens with one attached hydrogen (secondary N) is 1. The molecule has 1 aromatic heterocycles. The fourth-order valence-corrected chi connectivity index (χ4v) is 8.45. The fraction of sp³-hybridized carbons (Fsp3) is 0.432. The number of fused-ring (bicyclic) bond motifs is 3. The van der Waals surface area contributed by atoms with Gasteiger partial charge in [-0.2, -0.15) is 0 Å². The Morgan fingerprint density at radius 1 is 1.00 bits per heavy atom. The van der Waals surface area contributed by atoms with Crippen LogP contribution in [0.2, 0.25) is 10.0 Å². The van der Waals surface area contributed by atoms with Gasteiger partial charge in [0.1, 0.15) is 0 Å². The smallest absolute Gasteiger partial charge is 0.261 e. The van der Waals surface area contributed by atoms with Crippen molar-refractivity contribution in [3.8, 4) is 0 Å². The first-order chi connectivity index (χ1) is 22.2. The van der Waals surface area contributed by atoms with E-state index in [4.69, 9.17) is 28.2 Å². The van der Waals surface area contributed by atoms with Gasteiger partial charge in [0.15, 0.2) is 5.96 Å². The van der Waals surface area contributed by atoms with Gasteiger partial charge >= 0.3 is 0 Å². The molecule has 8 rings (SSSR count). The topological polar surface area (TPSA) is 65.8 Å². The highest BCUT2D eigenvalue weighted by Gasteiger charge is 2.56. The van der Waals surface area contributed by atoms with E-state index >= 15 is 0 Å². The third kappa shape index (κ3) is 6.00. The number of halogens is 2. The molecule has 2 heterocycles. The Morgan fingerprint density at radius 3 is 2.50 bits per heavy atom. The predicted molar refractivity (Wildman–Crippen MR) is 190 cm³/mol. The predicted octanol–water partition coefficient (Wildman–Crippen LogP) is 7.61. The van der Waals surface area contributed by atoms with Gasteiger partial charge in [0.2, 0.25) is 0 Å². The van der Waals surface area contributed by atoms with Gasteiger partial charge in [0.05, 0.1) is 23.3 Å². The maximum absolute atomic E-state index is 13.4. The fourth-order valence-electron chi connectivity index (χ4n) is 7.95. The van der Waals surface area contributed by atoms with Gasteiger partial charge < -0.3 is 15.1 Å². The number of hydrogen-bond acceptors (Lipinski definition) is 4. The first-order valence-corrected chi connectivity index (χ1v) is 17.3. The Morgan fingerprint density at radius 2 is 1.78 bits per heavy atom. The molecule has 3 aliphatic carbocycles. The molecule has 0 amide bonds. The molecule has 4 fully saturated rings. The first kappa shape index (κ1) is 31.1. The molecule has 46 heavy (non-hydrogen) atoms. The zero-order valence-corrected chi connectivity index (χ0v) is 28.3. The van der Waals surface area contributed by atoms with Gasteiger partial charge in [-0.25, -0.2) is 9.98 Å². The summed E-state index contributed by atoms with van der Waals surface area (Å²) in [4.78, 5) is 28.4. The van der Waals surface area contributed by atoms with Gasteiger partial charge in [-0.3, -0.25) is 9.36 Å². The van der Waals surface area contributed by atoms with Crippen molar-refractivity contribution >= 4 is 51.4 Å². The van der Waals surface area contributed by atoms with Gasteiger partial charge in [-0.05, 0) is 90.5 Å². The molecule has 1 N–H and O–H groups in total. The van der Waals surface area contributed by atoms with Crippen LogP contribution in [-0.4, -0.2) is 52.6 Å². The van der Waals surface area contributed by atoms with Crippen LogP contribution in [0.25, 0.3) is 10.9 Å². The number of aryl methyl sites for hydroxylation is 2. The van der Waals surface area contributed by atoms with E-state index in [0.717, 1.165) is 61.6 Å². The lowest BCUT2D eigenvalue weighted by Gasteiger charge is -2.61. The minimum absolute atomic E-state index is 0.0644. The standard InChI is InChI=1S/C37H42Cl2N6O/c1-24-31-19-26(37(31,2)3)20-33(24)42-36(44-17-15-43(16-18-44)29-7-5-4-6-8-29)41-28-11-12-30-34(22-28)40-23-45(35(30)46)14-13-25-9-10-27(38)21-32(25)39/h4-12,21-24,26,31,33H,13-20H2,1-3H3,(H,41,42)/t24-,26-,31-,33+/m1/s1. The van der Waals surface area contributed by atoms with Crippen LogP contribution in [0.4, 0.5) is 11.4 Å². The Kier molecular flexibility index (Phi) is 8.49. The quantitative estimate of drug-likeness (QED) is 0.171. The number of aliphatic imine (C=N–C) groups is 1. The van der Waals surface area contributed by atoms with E-state index in [9.17, 15) is 4.79 Å². The van der Waals surface area contributed by atoms with E-state index < -0.39 is 0 Å². The highest BCUT2D eigenvalue weighted by atomic mass is 35.5. The van der Waals surface area contributed by atoms with Crippen molar-refractivity contribution in [2.24, 2.45) is 28.2 Å². The molecular weight excluding hydrogens is 615 g/mol. The van der Waals surface area contributed by atoms with Crippen molar-refractivity contribution in [2.75, 3.05) is 36.4 Å². The third-order valence-corrected chi connectivity index (χ3v) is 11.6. The number of guanidine groups is 1. The lowest BCUT2D eigenvalue weighted by Crippen LogP contribution is -2.57. The zero-order valence-electron chi connectivity index (χ0n) is 26.8. The monoisotopic (exact) mass is 656 g/mol. The molecule has 4 aliphatic rings. The average Bonchev–Trinajstić information content (AvgIpc) is 3.06. The van der Waals surface area contributed by atoms with Gasteiger partial charge in [0.25, 0.3) is 5.56 Å². The summed E-state index contributed by atoms with van der Waals surface area (Å²) in [6.07, 6.45) is 4.71. The van der Waals surface area contributed by atoms with E-state index in [1.165, 1.54) is 12.1 Å². The van der Waals surface area contributed by atoms with Crippen LogP contribution in [0, 0.1) is 23.2 Å². The highest BCUT2D eigenvalue weighted by molar-refractivity contribution is 6.35. The van der Waals surface area contributed by atoms with E-state index in [1.54, 1.807) is 17.0 Å². The number of anilines is 2. The number of piperazine rings is 1. The normalized spacial score (nSPS) is 24.2. The van der Waals surface area contributed by atoms with Crippen molar-refractivity contribution in [1.82, 2.24) is 14.5 Å². The summed E-state index contributed by atoms with van der Waals surface area (Å²) in [5.74, 6) is 2.93. The molecule has 1 saturated heterocycles. The summed E-state index contributed by atoms with van der Waals surface area (Å²) in [5, 5.41) is 5.48. The zero-order chi connectivity index (χ0) is 32.0. The molecule has 0 radical (unpaired) electrons. The molecule has 240 valence electrons. The Labute approximate surface area is 281 Å². The summed E-state index contributed by atoms with van der Waals surface area (Å²) >= 11 is 12.4. The lowest BCUT2D eigenvalue weighted by molar-refractivity contribution is -0.108. The summed E-state index contributed by atoms with van der Waals surface area (Å²) < 4.78 is 1.65. The minimum Gasteiger partial charge on any atom is -0.368 e. The van der Waals surface area contributed by atoms with Crippen LogP contribution in [-0.2, 0) is 13.0 Å². The van der Waals surface area contributed by atoms with E-state index in [1.807, 2.05) is 30.3 Å². The largest absolute Gasteiger partial charge is 0.368 e. The van der Waals surface area contributed by atoms with Crippen molar-refractivity contribution in [3.05, 3.63) is 99.0 Å². The molecule has 9 heteroatoms. The summed E-state index contributed by atoms with van der Waals surface area (Å²) in [5.41, 5.74) is 4.12. The summed E-state index contributed by atoms with van der Waals surface area (Å²) in [7, 11) is 0. The van der Waals surface area contributed by atoms with Crippen molar-refractivity contribution in [1.29, 1.82) is 0 Å². The van der Waals surface area contributed by atoms with E-state index in [-0.39, 0.29) is 5.56 Å². The first-order valence-electron chi connectivity index (χ1n) is 16.5. The third-order valence-electron chi connectivity index (χ3n) is 11.0. The number of aromatic nitrogens is 2. The maximum atomic E-state index is 13.4. The molecule has 4 atom stereocenters. The second kappa shape index (κ2) is 12.6. The minimum atomic E-state index is -0.0644.